The van der Waals surface area contributed by atoms with Crippen LogP contribution in [0.4, 0.5) is 9.18 Å². The van der Waals surface area contributed by atoms with Crippen LogP contribution >= 0.6 is 0 Å². The molecule has 1 rings (SSSR count). The molecule has 0 aromatic carbocycles. The molecule has 1 saturated heterocycles. The van der Waals surface area contributed by atoms with Crippen molar-refractivity contribution >= 4 is 6.09 Å². The Bertz CT molecular complexity index is 240. The molecule has 1 heterocycles. The number of piperidine rings is 1. The van der Waals surface area contributed by atoms with Gasteiger partial charge in [0.15, 0.2) is 0 Å². The Balaban J connectivity index is 2.76. The summed E-state index contributed by atoms with van der Waals surface area (Å²) in [4.78, 5) is 12.5. The van der Waals surface area contributed by atoms with Gasteiger partial charge in [-0.1, -0.05) is 0 Å². The number of hydrogen-bond acceptors (Lipinski definition) is 2. The van der Waals surface area contributed by atoms with E-state index >= 15 is 0 Å². The Morgan fingerprint density at radius 3 is 2.47 bits per heavy atom. The minimum Gasteiger partial charge on any atom is -0.465 e. The highest BCUT2D eigenvalue weighted by Crippen LogP contribution is 2.22. The van der Waals surface area contributed by atoms with Crippen LogP contribution in [0.2, 0.25) is 0 Å². The summed E-state index contributed by atoms with van der Waals surface area (Å²) in [6.07, 6.45) is -1.65. The monoisotopic (exact) mass is 218 g/mol. The molecule has 1 fully saturated rings. The van der Waals surface area contributed by atoms with Crippen molar-refractivity contribution in [1.82, 2.24) is 10.2 Å². The molecule has 0 aromatic rings. The van der Waals surface area contributed by atoms with Crippen LogP contribution in [0.1, 0.15) is 27.2 Å². The highest BCUT2D eigenvalue weighted by Gasteiger charge is 2.36. The molecule has 0 saturated carbocycles. The molecule has 88 valence electrons. The van der Waals surface area contributed by atoms with Crippen LogP contribution in [-0.4, -0.2) is 46.9 Å². The Morgan fingerprint density at radius 1 is 1.47 bits per heavy atom. The Hall–Kier alpha value is -0.840. The molecule has 0 unspecified atom stereocenters. The number of halogens is 1. The maximum absolute atomic E-state index is 13.2. The molecule has 5 heteroatoms. The lowest BCUT2D eigenvalue weighted by Gasteiger charge is -2.42. The second kappa shape index (κ2) is 4.35. The van der Waals surface area contributed by atoms with Crippen molar-refractivity contribution in [2.24, 2.45) is 0 Å². The van der Waals surface area contributed by atoms with Gasteiger partial charge >= 0.3 is 6.09 Å². The first-order chi connectivity index (χ1) is 6.82. The van der Waals surface area contributed by atoms with E-state index in [2.05, 4.69) is 5.32 Å². The summed E-state index contributed by atoms with van der Waals surface area (Å²) in [6, 6.07) is -0.272. The lowest BCUT2D eigenvalue weighted by Crippen LogP contribution is -2.57. The highest BCUT2D eigenvalue weighted by atomic mass is 19.1. The van der Waals surface area contributed by atoms with Crippen molar-refractivity contribution in [1.29, 1.82) is 0 Å². The van der Waals surface area contributed by atoms with Crippen LogP contribution in [-0.2, 0) is 0 Å². The minimum atomic E-state index is -0.983. The first kappa shape index (κ1) is 12.2. The fourth-order valence-electron chi connectivity index (χ4n) is 2.06. The maximum Gasteiger partial charge on any atom is 0.408 e. The lowest BCUT2D eigenvalue weighted by atomic mass is 9.98. The third kappa shape index (κ3) is 3.06. The summed E-state index contributed by atoms with van der Waals surface area (Å²) in [7, 11) is 0. The average molecular weight is 218 g/mol. The van der Waals surface area contributed by atoms with E-state index in [-0.39, 0.29) is 12.5 Å². The molecule has 0 aromatic heterocycles. The van der Waals surface area contributed by atoms with Gasteiger partial charge in [-0.25, -0.2) is 9.18 Å². The van der Waals surface area contributed by atoms with Gasteiger partial charge < -0.3 is 10.4 Å². The van der Waals surface area contributed by atoms with Gasteiger partial charge in [-0.15, -0.1) is 0 Å². The van der Waals surface area contributed by atoms with Gasteiger partial charge in [0.25, 0.3) is 0 Å². The fourth-order valence-corrected chi connectivity index (χ4v) is 2.06. The summed E-state index contributed by atoms with van der Waals surface area (Å²) in [5, 5.41) is 12.0. The standard InChI is InChI=1S/C10H19FN2O2/c1-10(2,3)13(9(14)15)8-4-7(11)5-12-6-8/h7-8,12H,4-6H2,1-3H3,(H,14,15)/t7-,8-/m1/s1. The van der Waals surface area contributed by atoms with Crippen LogP contribution < -0.4 is 5.32 Å². The van der Waals surface area contributed by atoms with Crippen LogP contribution in [0, 0.1) is 0 Å². The van der Waals surface area contributed by atoms with Crippen molar-refractivity contribution in [2.45, 2.75) is 44.9 Å². The molecule has 15 heavy (non-hydrogen) atoms. The van der Waals surface area contributed by atoms with E-state index < -0.39 is 17.8 Å². The predicted octanol–water partition coefficient (Wildman–Crippen LogP) is 1.46. The Morgan fingerprint density at radius 2 is 2.07 bits per heavy atom. The number of alkyl halides is 1. The highest BCUT2D eigenvalue weighted by molar-refractivity contribution is 5.66. The van der Waals surface area contributed by atoms with Gasteiger partial charge in [0.05, 0.1) is 6.04 Å². The number of nitrogens with zero attached hydrogens (tertiary/aromatic N) is 1. The zero-order valence-electron chi connectivity index (χ0n) is 9.46. The molecule has 2 atom stereocenters. The molecular formula is C10H19FN2O2. The van der Waals surface area contributed by atoms with Gasteiger partial charge in [-0.2, -0.15) is 0 Å². The van der Waals surface area contributed by atoms with Gasteiger partial charge in [0, 0.05) is 25.0 Å². The zero-order valence-corrected chi connectivity index (χ0v) is 9.46. The zero-order chi connectivity index (χ0) is 11.6. The van der Waals surface area contributed by atoms with Crippen molar-refractivity contribution in [3.05, 3.63) is 0 Å². The van der Waals surface area contributed by atoms with E-state index in [1.54, 1.807) is 0 Å². The van der Waals surface area contributed by atoms with Crippen LogP contribution in [0.25, 0.3) is 0 Å². The molecule has 0 radical (unpaired) electrons. The number of carbonyl (C=O) groups is 1. The molecule has 1 amide bonds. The quantitative estimate of drug-likeness (QED) is 0.700. The van der Waals surface area contributed by atoms with E-state index in [0.717, 1.165) is 0 Å². The lowest BCUT2D eigenvalue weighted by molar-refractivity contribution is 0.0480. The van der Waals surface area contributed by atoms with E-state index in [4.69, 9.17) is 5.11 Å². The van der Waals surface area contributed by atoms with Gasteiger partial charge in [-0.3, -0.25) is 4.90 Å². The predicted molar refractivity (Wildman–Crippen MR) is 55.8 cm³/mol. The molecular weight excluding hydrogens is 199 g/mol. The largest absolute Gasteiger partial charge is 0.465 e. The summed E-state index contributed by atoms with van der Waals surface area (Å²) in [5.74, 6) is 0. The molecule has 1 aliphatic heterocycles. The summed E-state index contributed by atoms with van der Waals surface area (Å²) in [6.45, 7) is 6.33. The number of nitrogens with one attached hydrogen (secondary N) is 1. The average Bonchev–Trinajstić information content (AvgIpc) is 1.99. The van der Waals surface area contributed by atoms with E-state index in [9.17, 15) is 9.18 Å². The summed E-state index contributed by atoms with van der Waals surface area (Å²) < 4.78 is 13.2. The minimum absolute atomic E-state index is 0.272. The molecule has 1 aliphatic rings. The number of rotatable bonds is 1. The molecule has 0 spiro atoms. The molecule has 4 nitrogen and oxygen atoms in total. The molecule has 2 N–H and O–H groups in total. The molecule has 0 aliphatic carbocycles. The maximum atomic E-state index is 13.2. The first-order valence-electron chi connectivity index (χ1n) is 5.19. The first-order valence-corrected chi connectivity index (χ1v) is 5.19. The van der Waals surface area contributed by atoms with Crippen molar-refractivity contribution in [3.63, 3.8) is 0 Å². The third-order valence-corrected chi connectivity index (χ3v) is 2.57. The molecule has 0 bridgehead atoms. The van der Waals surface area contributed by atoms with E-state index in [0.29, 0.717) is 13.1 Å². The van der Waals surface area contributed by atoms with Crippen molar-refractivity contribution < 1.29 is 14.3 Å². The van der Waals surface area contributed by atoms with Crippen LogP contribution in [0.15, 0.2) is 0 Å². The van der Waals surface area contributed by atoms with Crippen molar-refractivity contribution in [2.75, 3.05) is 13.1 Å². The van der Waals surface area contributed by atoms with Gasteiger partial charge in [0.1, 0.15) is 6.17 Å². The second-order valence-corrected chi connectivity index (χ2v) is 4.97. The topological polar surface area (TPSA) is 52.6 Å². The Labute approximate surface area is 89.4 Å². The number of hydrogen-bond donors (Lipinski definition) is 2. The van der Waals surface area contributed by atoms with E-state index in [1.807, 2.05) is 20.8 Å². The summed E-state index contributed by atoms with van der Waals surface area (Å²) >= 11 is 0. The number of carboxylic acid groups (broad SMARTS) is 1. The third-order valence-electron chi connectivity index (χ3n) is 2.57. The second-order valence-electron chi connectivity index (χ2n) is 4.97. The van der Waals surface area contributed by atoms with Crippen molar-refractivity contribution in [3.8, 4) is 0 Å². The number of amides is 1. The van der Waals surface area contributed by atoms with Crippen LogP contribution in [0.3, 0.4) is 0 Å². The Kier molecular flexibility index (Phi) is 3.54. The van der Waals surface area contributed by atoms with E-state index in [1.165, 1.54) is 4.90 Å². The van der Waals surface area contributed by atoms with Gasteiger partial charge in [-0.05, 0) is 20.8 Å². The summed E-state index contributed by atoms with van der Waals surface area (Å²) in [5.41, 5.74) is -0.491. The SMILES string of the molecule is CC(C)(C)N(C(=O)O)[C@H]1CNC[C@H](F)C1. The normalized spacial score (nSPS) is 27.5. The van der Waals surface area contributed by atoms with Gasteiger partial charge in [0.2, 0.25) is 0 Å². The smallest absolute Gasteiger partial charge is 0.408 e. The fraction of sp³-hybridized carbons (Fsp3) is 0.900. The van der Waals surface area contributed by atoms with Crippen LogP contribution in [0.5, 0.6) is 0 Å².